The highest BCUT2D eigenvalue weighted by Crippen LogP contribution is 2.33. The van der Waals surface area contributed by atoms with E-state index in [2.05, 4.69) is 0 Å². The third-order valence-corrected chi connectivity index (χ3v) is 8.59. The number of aromatic nitrogens is 4. The number of imidazole rings is 1. The van der Waals surface area contributed by atoms with Crippen LogP contribution in [0.2, 0.25) is 5.02 Å². The summed E-state index contributed by atoms with van der Waals surface area (Å²) < 4.78 is 14.9. The van der Waals surface area contributed by atoms with Gasteiger partial charge in [-0.15, -0.1) is 0 Å². The first-order valence-electron chi connectivity index (χ1n) is 14.1. The summed E-state index contributed by atoms with van der Waals surface area (Å²) in [7, 11) is 6.07. The topological polar surface area (TPSA) is 124 Å². The van der Waals surface area contributed by atoms with Crippen LogP contribution in [0.4, 0.5) is 11.6 Å². The molecule has 2 aromatic carbocycles. The Labute approximate surface area is 257 Å². The largest absolute Gasteiger partial charge is 0.497 e. The molecule has 1 atom stereocenters. The fraction of sp³-hybridized carbons (Fsp3) is 0.367. The predicted molar refractivity (Wildman–Crippen MR) is 165 cm³/mol. The number of piperazine rings is 1. The number of methoxy groups -OCH3 is 2. The number of hydrogen-bond acceptors (Lipinski definition) is 9. The fourth-order valence-corrected chi connectivity index (χ4v) is 6.05. The Hall–Kier alpha value is -4.62. The number of ether oxygens (including phenoxy) is 2. The average molecular weight is 622 g/mol. The normalized spacial score (nSPS) is 17.6. The molecular weight excluding hydrogens is 590 g/mol. The molecule has 2 aliphatic heterocycles. The van der Waals surface area contributed by atoms with Crippen LogP contribution < -0.4 is 30.5 Å². The zero-order chi connectivity index (χ0) is 31.3. The van der Waals surface area contributed by atoms with Gasteiger partial charge in [-0.1, -0.05) is 23.7 Å². The maximum Gasteiger partial charge on any atom is 0.332 e. The SMILES string of the molecule is COc1cc(OC)cc(N2C(=O)CC(N3CCN(c4nc5c(c(=O)n(C)c(=O)n5C)n4Cc4ccc(Cl)cc4)CC3)C2=O)c1. The van der Waals surface area contributed by atoms with Gasteiger partial charge >= 0.3 is 5.69 Å². The van der Waals surface area contributed by atoms with E-state index in [4.69, 9.17) is 26.1 Å². The van der Waals surface area contributed by atoms with Gasteiger partial charge in [-0.3, -0.25) is 33.0 Å². The molecular formula is C30H32ClN7O6. The maximum atomic E-state index is 13.6. The Morgan fingerprint density at radius 2 is 1.52 bits per heavy atom. The average Bonchev–Trinajstić information content (AvgIpc) is 3.56. The molecule has 1 unspecified atom stereocenters. The molecule has 14 heteroatoms. The molecule has 6 rings (SSSR count). The highest BCUT2D eigenvalue weighted by Gasteiger charge is 2.44. The van der Waals surface area contributed by atoms with Gasteiger partial charge in [0.25, 0.3) is 11.5 Å². The van der Waals surface area contributed by atoms with Gasteiger partial charge in [-0.05, 0) is 17.7 Å². The number of imide groups is 1. The molecule has 0 radical (unpaired) electrons. The van der Waals surface area contributed by atoms with Crippen LogP contribution in [-0.4, -0.2) is 81.8 Å². The minimum absolute atomic E-state index is 0.0611. The lowest BCUT2D eigenvalue weighted by Crippen LogP contribution is -2.53. The third-order valence-electron chi connectivity index (χ3n) is 8.34. The van der Waals surface area contributed by atoms with Crippen molar-refractivity contribution in [1.29, 1.82) is 0 Å². The van der Waals surface area contributed by atoms with Crippen molar-refractivity contribution in [2.24, 2.45) is 14.1 Å². The maximum absolute atomic E-state index is 13.6. The van der Waals surface area contributed by atoms with Crippen molar-refractivity contribution in [3.8, 4) is 11.5 Å². The van der Waals surface area contributed by atoms with Crippen LogP contribution in [0.15, 0.2) is 52.1 Å². The molecule has 2 aromatic heterocycles. The molecule has 4 aromatic rings. The van der Waals surface area contributed by atoms with Gasteiger partial charge in [0.2, 0.25) is 11.9 Å². The van der Waals surface area contributed by atoms with Gasteiger partial charge in [-0.2, -0.15) is 4.98 Å². The first-order chi connectivity index (χ1) is 21.1. The summed E-state index contributed by atoms with van der Waals surface area (Å²) >= 11 is 6.10. The van der Waals surface area contributed by atoms with E-state index in [9.17, 15) is 19.2 Å². The van der Waals surface area contributed by atoms with E-state index in [1.165, 1.54) is 30.7 Å². The van der Waals surface area contributed by atoms with Crippen molar-refractivity contribution < 1.29 is 19.1 Å². The molecule has 230 valence electrons. The molecule has 0 spiro atoms. The summed E-state index contributed by atoms with van der Waals surface area (Å²) in [6, 6.07) is 11.7. The first kappa shape index (κ1) is 29.5. The fourth-order valence-electron chi connectivity index (χ4n) is 5.93. The predicted octanol–water partition coefficient (Wildman–Crippen LogP) is 1.61. The van der Waals surface area contributed by atoms with E-state index in [1.54, 1.807) is 37.4 Å². The summed E-state index contributed by atoms with van der Waals surface area (Å²) in [5, 5.41) is 0.600. The van der Waals surface area contributed by atoms with Crippen molar-refractivity contribution in [2.45, 2.75) is 19.0 Å². The molecule has 2 fully saturated rings. The summed E-state index contributed by atoms with van der Waals surface area (Å²) in [6.45, 7) is 2.29. The summed E-state index contributed by atoms with van der Waals surface area (Å²) in [6.07, 6.45) is 0.0611. The molecule has 2 saturated heterocycles. The van der Waals surface area contributed by atoms with Gasteiger partial charge in [0, 0.05) is 63.5 Å². The number of rotatable bonds is 7. The van der Waals surface area contributed by atoms with Gasteiger partial charge < -0.3 is 14.4 Å². The van der Waals surface area contributed by atoms with Gasteiger partial charge in [0.05, 0.1) is 38.9 Å². The minimum Gasteiger partial charge on any atom is -0.497 e. The molecule has 2 aliphatic rings. The molecule has 0 N–H and O–H groups in total. The lowest BCUT2D eigenvalue weighted by molar-refractivity contribution is -0.123. The van der Waals surface area contributed by atoms with Crippen LogP contribution in [0.5, 0.6) is 11.5 Å². The van der Waals surface area contributed by atoms with Crippen molar-refractivity contribution in [1.82, 2.24) is 23.6 Å². The Kier molecular flexibility index (Phi) is 7.68. The lowest BCUT2D eigenvalue weighted by Gasteiger charge is -2.37. The number of halogens is 1. The van der Waals surface area contributed by atoms with Crippen LogP contribution in [0.1, 0.15) is 12.0 Å². The Morgan fingerprint density at radius 3 is 2.14 bits per heavy atom. The standard InChI is InChI=1S/C30H32ClN7O6/c1-33-26-25(28(41)34(2)30(33)42)37(17-18-5-7-19(31)8-6-18)29(32-26)36-11-9-35(10-12-36)23-16-24(39)38(27(23)40)20-13-21(43-3)15-22(14-20)44-4/h5-8,13-15,23H,9-12,16-17H2,1-4H3. The molecule has 0 aliphatic carbocycles. The van der Waals surface area contributed by atoms with Crippen molar-refractivity contribution in [3.63, 3.8) is 0 Å². The summed E-state index contributed by atoms with van der Waals surface area (Å²) in [4.78, 5) is 62.7. The molecule has 2 amide bonds. The summed E-state index contributed by atoms with van der Waals surface area (Å²) in [5.74, 6) is 0.912. The van der Waals surface area contributed by atoms with Crippen molar-refractivity contribution in [3.05, 3.63) is 73.9 Å². The van der Waals surface area contributed by atoms with E-state index in [0.29, 0.717) is 72.0 Å². The van der Waals surface area contributed by atoms with Gasteiger partial charge in [0.1, 0.15) is 11.5 Å². The van der Waals surface area contributed by atoms with Crippen LogP contribution in [0.3, 0.4) is 0 Å². The molecule has 0 saturated carbocycles. The minimum atomic E-state index is -0.608. The summed E-state index contributed by atoms with van der Waals surface area (Å²) in [5.41, 5.74) is 1.04. The number of benzene rings is 2. The third kappa shape index (κ3) is 5.01. The van der Waals surface area contributed by atoms with Crippen molar-refractivity contribution in [2.75, 3.05) is 50.2 Å². The first-order valence-corrected chi connectivity index (χ1v) is 14.5. The Bertz CT molecular complexity index is 1870. The molecule has 4 heterocycles. The zero-order valence-electron chi connectivity index (χ0n) is 24.8. The Balaban J connectivity index is 1.27. The molecule has 44 heavy (non-hydrogen) atoms. The quantitative estimate of drug-likeness (QED) is 0.283. The smallest absolute Gasteiger partial charge is 0.332 e. The number of carbonyl (C=O) groups is 2. The number of aryl methyl sites for hydroxylation is 1. The van der Waals surface area contributed by atoms with E-state index in [1.807, 2.05) is 26.5 Å². The number of carbonyl (C=O) groups excluding carboxylic acids is 2. The second-order valence-electron chi connectivity index (χ2n) is 10.9. The zero-order valence-corrected chi connectivity index (χ0v) is 25.6. The van der Waals surface area contributed by atoms with E-state index < -0.39 is 17.3 Å². The number of nitrogens with zero attached hydrogens (tertiary/aromatic N) is 7. The van der Waals surface area contributed by atoms with Crippen LogP contribution in [0.25, 0.3) is 11.2 Å². The van der Waals surface area contributed by atoms with Gasteiger partial charge in [-0.25, -0.2) is 9.69 Å². The monoisotopic (exact) mass is 621 g/mol. The van der Waals surface area contributed by atoms with E-state index in [-0.39, 0.29) is 18.2 Å². The lowest BCUT2D eigenvalue weighted by atomic mass is 10.1. The van der Waals surface area contributed by atoms with Gasteiger partial charge in [0.15, 0.2) is 11.2 Å². The second kappa shape index (κ2) is 11.5. The van der Waals surface area contributed by atoms with E-state index >= 15 is 0 Å². The van der Waals surface area contributed by atoms with Crippen molar-refractivity contribution >= 4 is 46.2 Å². The van der Waals surface area contributed by atoms with E-state index in [0.717, 1.165) is 10.1 Å². The molecule has 13 nitrogen and oxygen atoms in total. The number of hydrogen-bond donors (Lipinski definition) is 0. The van der Waals surface area contributed by atoms with Crippen LogP contribution in [-0.2, 0) is 30.2 Å². The number of fused-ring (bicyclic) bond motifs is 1. The van der Waals surface area contributed by atoms with Crippen LogP contribution >= 0.6 is 11.6 Å². The number of anilines is 2. The van der Waals surface area contributed by atoms with Crippen LogP contribution in [0, 0.1) is 0 Å². The Morgan fingerprint density at radius 1 is 0.886 bits per heavy atom. The number of amides is 2. The highest BCUT2D eigenvalue weighted by molar-refractivity contribution is 6.30. The second-order valence-corrected chi connectivity index (χ2v) is 11.3. The highest BCUT2D eigenvalue weighted by atomic mass is 35.5. The molecule has 0 bridgehead atoms.